The predicted molar refractivity (Wildman–Crippen MR) is 125 cm³/mol. The fourth-order valence-corrected chi connectivity index (χ4v) is 3.61. The lowest BCUT2D eigenvalue weighted by Crippen LogP contribution is -2.71. The van der Waals surface area contributed by atoms with Crippen molar-refractivity contribution in [1.29, 1.82) is 0 Å². The summed E-state index contributed by atoms with van der Waals surface area (Å²) in [6.45, 7) is 4.29. The number of ether oxygens (including phenoxy) is 2. The van der Waals surface area contributed by atoms with Crippen molar-refractivity contribution in [2.45, 2.75) is 39.4 Å². The minimum Gasteiger partial charge on any atom is -0.423 e. The zero-order valence-electron chi connectivity index (χ0n) is 19.5. The normalized spacial score (nSPS) is 17.7. The van der Waals surface area contributed by atoms with Gasteiger partial charge in [0.2, 0.25) is 0 Å². The molecule has 11 nitrogen and oxygen atoms in total. The lowest BCUT2D eigenvalue weighted by atomic mass is 10.1. The molecule has 2 atom stereocenters. The second kappa shape index (κ2) is 10.8. The molecule has 2 unspecified atom stereocenters. The highest BCUT2D eigenvalue weighted by atomic mass is 16.6. The van der Waals surface area contributed by atoms with E-state index in [-0.39, 0.29) is 23.6 Å². The number of hydrogen-bond acceptors (Lipinski definition) is 8. The molecular formula is C24H26N4O7. The third kappa shape index (κ3) is 5.64. The van der Waals surface area contributed by atoms with Crippen LogP contribution < -0.4 is 25.4 Å². The van der Waals surface area contributed by atoms with Crippen LogP contribution in [-0.2, 0) is 14.4 Å². The van der Waals surface area contributed by atoms with Gasteiger partial charge in [-0.3, -0.25) is 29.0 Å². The molecule has 3 N–H and O–H groups in total. The molecule has 0 saturated carbocycles. The van der Waals surface area contributed by atoms with Crippen LogP contribution in [0, 0.1) is 0 Å². The van der Waals surface area contributed by atoms with Crippen LogP contribution >= 0.6 is 0 Å². The van der Waals surface area contributed by atoms with Gasteiger partial charge in [0.25, 0.3) is 11.8 Å². The first-order chi connectivity index (χ1) is 16.6. The topological polar surface area (TPSA) is 148 Å². The molecule has 35 heavy (non-hydrogen) atoms. The van der Waals surface area contributed by atoms with Crippen LogP contribution in [0.3, 0.4) is 0 Å². The van der Waals surface area contributed by atoms with Gasteiger partial charge >= 0.3 is 18.0 Å². The smallest absolute Gasteiger partial charge is 0.332 e. The van der Waals surface area contributed by atoms with Gasteiger partial charge < -0.3 is 20.5 Å². The Hall–Kier alpha value is -4.25. The van der Waals surface area contributed by atoms with Crippen LogP contribution in [0.1, 0.15) is 37.6 Å². The molecule has 1 fully saturated rings. The van der Waals surface area contributed by atoms with Gasteiger partial charge in [-0.25, -0.2) is 4.79 Å². The lowest BCUT2D eigenvalue weighted by Gasteiger charge is -2.43. The SMILES string of the molecule is CCCN1C(=O)C(NC(=O)c2ccc(OC(C)=O)c(OC(C)=O)c2)C(N)N(c2ccccc2)C1=O. The van der Waals surface area contributed by atoms with Crippen molar-refractivity contribution in [2.24, 2.45) is 5.73 Å². The Labute approximate surface area is 201 Å². The van der Waals surface area contributed by atoms with Crippen LogP contribution in [-0.4, -0.2) is 53.4 Å². The van der Waals surface area contributed by atoms with E-state index in [9.17, 15) is 24.0 Å². The summed E-state index contributed by atoms with van der Waals surface area (Å²) in [6, 6.07) is 10.6. The number of amides is 4. The van der Waals surface area contributed by atoms with Gasteiger partial charge in [-0.2, -0.15) is 0 Å². The third-order valence-electron chi connectivity index (χ3n) is 5.09. The summed E-state index contributed by atoms with van der Waals surface area (Å²) >= 11 is 0. The monoisotopic (exact) mass is 482 g/mol. The predicted octanol–water partition coefficient (Wildman–Crippen LogP) is 1.80. The highest BCUT2D eigenvalue weighted by Gasteiger charge is 2.45. The minimum absolute atomic E-state index is 0.0161. The molecule has 1 saturated heterocycles. The molecule has 2 aromatic carbocycles. The Kier molecular flexibility index (Phi) is 7.82. The van der Waals surface area contributed by atoms with E-state index in [1.54, 1.807) is 30.3 Å². The van der Waals surface area contributed by atoms with Crippen molar-refractivity contribution in [3.05, 3.63) is 54.1 Å². The Bertz CT molecular complexity index is 1150. The van der Waals surface area contributed by atoms with Gasteiger partial charge in [0.15, 0.2) is 11.5 Å². The number of carbonyl (C=O) groups is 5. The lowest BCUT2D eigenvalue weighted by molar-refractivity contribution is -0.134. The van der Waals surface area contributed by atoms with E-state index in [0.717, 1.165) is 11.8 Å². The zero-order chi connectivity index (χ0) is 25.7. The van der Waals surface area contributed by atoms with Crippen LogP contribution in [0.5, 0.6) is 11.5 Å². The number of esters is 2. The largest absolute Gasteiger partial charge is 0.423 e. The second-order valence-electron chi connectivity index (χ2n) is 7.77. The van der Waals surface area contributed by atoms with Crippen molar-refractivity contribution in [3.8, 4) is 11.5 Å². The van der Waals surface area contributed by atoms with Crippen LogP contribution in [0.25, 0.3) is 0 Å². The van der Waals surface area contributed by atoms with Gasteiger partial charge in [-0.05, 0) is 36.8 Å². The molecule has 4 amide bonds. The highest BCUT2D eigenvalue weighted by Crippen LogP contribution is 2.29. The molecular weight excluding hydrogens is 456 g/mol. The van der Waals surface area contributed by atoms with E-state index in [1.165, 1.54) is 30.0 Å². The van der Waals surface area contributed by atoms with Gasteiger partial charge in [0, 0.05) is 31.6 Å². The number of benzene rings is 2. The molecule has 184 valence electrons. The number of carbonyl (C=O) groups excluding carboxylic acids is 5. The summed E-state index contributed by atoms with van der Waals surface area (Å²) in [5.74, 6) is -2.87. The first-order valence-electron chi connectivity index (χ1n) is 10.9. The number of imide groups is 1. The first kappa shape index (κ1) is 25.4. The Morgan fingerprint density at radius 2 is 1.60 bits per heavy atom. The molecule has 1 aliphatic heterocycles. The zero-order valence-corrected chi connectivity index (χ0v) is 19.5. The van der Waals surface area contributed by atoms with E-state index in [0.29, 0.717) is 12.1 Å². The summed E-state index contributed by atoms with van der Waals surface area (Å²) in [5.41, 5.74) is 6.80. The summed E-state index contributed by atoms with van der Waals surface area (Å²) in [7, 11) is 0. The number of urea groups is 1. The number of rotatable bonds is 7. The van der Waals surface area contributed by atoms with E-state index in [2.05, 4.69) is 5.32 Å². The quantitative estimate of drug-likeness (QED) is 0.448. The van der Waals surface area contributed by atoms with Crippen molar-refractivity contribution < 1.29 is 33.4 Å². The standard InChI is InChI=1S/C24H26N4O7/c1-4-12-27-23(32)20(21(25)28(24(27)33)17-8-6-5-7-9-17)26-22(31)16-10-11-18(34-14(2)29)19(13-16)35-15(3)30/h5-11,13,20-21H,4,12,25H2,1-3H3,(H,26,31). The maximum absolute atomic E-state index is 13.1. The van der Waals surface area contributed by atoms with Crippen LogP contribution in [0.2, 0.25) is 0 Å². The molecule has 0 spiro atoms. The molecule has 1 heterocycles. The van der Waals surface area contributed by atoms with Crippen LogP contribution in [0.4, 0.5) is 10.5 Å². The van der Waals surface area contributed by atoms with Crippen molar-refractivity contribution in [1.82, 2.24) is 10.2 Å². The Morgan fingerprint density at radius 3 is 2.20 bits per heavy atom. The maximum Gasteiger partial charge on any atom is 0.332 e. The van der Waals surface area contributed by atoms with E-state index >= 15 is 0 Å². The van der Waals surface area contributed by atoms with E-state index < -0.39 is 42.0 Å². The molecule has 0 aliphatic carbocycles. The fourth-order valence-electron chi connectivity index (χ4n) is 3.61. The van der Waals surface area contributed by atoms with Crippen LogP contribution in [0.15, 0.2) is 48.5 Å². The van der Waals surface area contributed by atoms with Crippen molar-refractivity contribution in [2.75, 3.05) is 11.4 Å². The highest BCUT2D eigenvalue weighted by molar-refractivity contribution is 6.10. The fraction of sp³-hybridized carbons (Fsp3) is 0.292. The van der Waals surface area contributed by atoms with Gasteiger partial charge in [-0.15, -0.1) is 0 Å². The molecule has 0 bridgehead atoms. The Morgan fingerprint density at radius 1 is 0.971 bits per heavy atom. The molecule has 1 aliphatic rings. The van der Waals surface area contributed by atoms with Crippen molar-refractivity contribution in [3.63, 3.8) is 0 Å². The van der Waals surface area contributed by atoms with E-state index in [1.807, 2.05) is 6.92 Å². The number of anilines is 1. The first-order valence-corrected chi connectivity index (χ1v) is 10.9. The molecule has 2 aromatic rings. The molecule has 0 radical (unpaired) electrons. The number of nitrogens with zero attached hydrogens (tertiary/aromatic N) is 2. The summed E-state index contributed by atoms with van der Waals surface area (Å²) in [5, 5.41) is 2.59. The average Bonchev–Trinajstić information content (AvgIpc) is 2.80. The van der Waals surface area contributed by atoms with Gasteiger partial charge in [-0.1, -0.05) is 25.1 Å². The number of nitrogens with one attached hydrogen (secondary N) is 1. The molecule has 0 aromatic heterocycles. The maximum atomic E-state index is 13.1. The molecule has 11 heteroatoms. The number of para-hydroxylation sites is 1. The average molecular weight is 482 g/mol. The summed E-state index contributed by atoms with van der Waals surface area (Å²) in [6.07, 6.45) is -0.665. The number of hydrogen-bond donors (Lipinski definition) is 2. The van der Waals surface area contributed by atoms with Crippen molar-refractivity contribution >= 4 is 35.5 Å². The second-order valence-corrected chi connectivity index (χ2v) is 7.77. The Balaban J connectivity index is 1.92. The van der Waals surface area contributed by atoms with Gasteiger partial charge in [0.05, 0.1) is 0 Å². The third-order valence-corrected chi connectivity index (χ3v) is 5.09. The van der Waals surface area contributed by atoms with Gasteiger partial charge in [0.1, 0.15) is 12.2 Å². The minimum atomic E-state index is -1.25. The van der Waals surface area contributed by atoms with E-state index in [4.69, 9.17) is 15.2 Å². The summed E-state index contributed by atoms with van der Waals surface area (Å²) in [4.78, 5) is 64.4. The molecule has 3 rings (SSSR count). The summed E-state index contributed by atoms with van der Waals surface area (Å²) < 4.78 is 10.1. The number of nitrogens with two attached hydrogens (primary N) is 1.